The summed E-state index contributed by atoms with van der Waals surface area (Å²) < 4.78 is 19.5. The van der Waals surface area contributed by atoms with Gasteiger partial charge in [0.15, 0.2) is 5.85 Å². The van der Waals surface area contributed by atoms with Crippen LogP contribution in [0.25, 0.3) is 0 Å². The molecule has 0 aliphatic carbocycles. The maximum absolute atomic E-state index is 13.7. The third-order valence-corrected chi connectivity index (χ3v) is 6.53. The maximum Gasteiger partial charge on any atom is 0.264 e. The van der Waals surface area contributed by atoms with Gasteiger partial charge in [0, 0.05) is 43.0 Å². The topological polar surface area (TPSA) is 62.7 Å². The molecule has 5 nitrogen and oxygen atoms in total. The third-order valence-electron chi connectivity index (χ3n) is 4.01. The van der Waals surface area contributed by atoms with E-state index in [9.17, 15) is 9.67 Å². The lowest BCUT2D eigenvalue weighted by molar-refractivity contribution is 0.208. The Kier molecular flexibility index (Phi) is 6.77. The highest BCUT2D eigenvalue weighted by atomic mass is 31.2. The van der Waals surface area contributed by atoms with Crippen molar-refractivity contribution in [3.05, 3.63) is 54.4 Å². The molecule has 1 aromatic heterocycles. The largest absolute Gasteiger partial charge is 0.378 e. The van der Waals surface area contributed by atoms with Crippen molar-refractivity contribution in [1.82, 2.24) is 4.98 Å². The molecule has 0 bridgehead atoms. The lowest BCUT2D eigenvalue weighted by Crippen LogP contribution is -2.17. The highest BCUT2D eigenvalue weighted by Gasteiger charge is 2.36. The minimum atomic E-state index is -3.49. The lowest BCUT2D eigenvalue weighted by Gasteiger charge is -2.25. The molecule has 136 valence electrons. The first-order valence-electron chi connectivity index (χ1n) is 8.45. The molecule has 0 unspecified atom stereocenters. The van der Waals surface area contributed by atoms with Gasteiger partial charge in [-0.05, 0) is 42.7 Å². The number of hydrogen-bond donors (Lipinski definition) is 1. The zero-order valence-electron chi connectivity index (χ0n) is 15.3. The summed E-state index contributed by atoms with van der Waals surface area (Å²) in [5.41, 5.74) is 1.49. The molecule has 0 saturated carbocycles. The summed E-state index contributed by atoms with van der Waals surface area (Å²) in [6.45, 7) is 4.50. The highest BCUT2D eigenvalue weighted by molar-refractivity contribution is 7.67. The van der Waals surface area contributed by atoms with Gasteiger partial charge >= 0.3 is 0 Å². The number of aromatic nitrogens is 1. The normalized spacial score (nSPS) is 15.0. The van der Waals surface area contributed by atoms with E-state index in [2.05, 4.69) is 18.8 Å². The van der Waals surface area contributed by atoms with Gasteiger partial charge in [-0.2, -0.15) is 0 Å². The third kappa shape index (κ3) is 4.91. The summed E-state index contributed by atoms with van der Waals surface area (Å²) in [4.78, 5) is 5.98. The summed E-state index contributed by atoms with van der Waals surface area (Å²) in [6, 6.07) is 10.7. The summed E-state index contributed by atoms with van der Waals surface area (Å²) >= 11 is 0. The second-order valence-electron chi connectivity index (χ2n) is 6.68. The van der Waals surface area contributed by atoms with E-state index in [1.165, 1.54) is 6.20 Å². The number of benzene rings is 1. The van der Waals surface area contributed by atoms with Crippen molar-refractivity contribution in [2.75, 3.05) is 25.6 Å². The number of nitrogens with zero attached hydrogens (tertiary/aromatic N) is 2. The van der Waals surface area contributed by atoms with E-state index in [4.69, 9.17) is 4.52 Å². The van der Waals surface area contributed by atoms with Crippen molar-refractivity contribution in [3.8, 4) is 0 Å². The Morgan fingerprint density at radius 3 is 2.40 bits per heavy atom. The van der Waals surface area contributed by atoms with Gasteiger partial charge in [-0.15, -0.1) is 0 Å². The molecule has 2 aromatic rings. The first-order valence-corrected chi connectivity index (χ1v) is 10.1. The van der Waals surface area contributed by atoms with Crippen molar-refractivity contribution in [3.63, 3.8) is 0 Å². The van der Waals surface area contributed by atoms with E-state index >= 15 is 0 Å². The fourth-order valence-electron chi connectivity index (χ4n) is 2.39. The predicted octanol–water partition coefficient (Wildman–Crippen LogP) is 3.80. The van der Waals surface area contributed by atoms with Crippen molar-refractivity contribution in [2.45, 2.75) is 26.1 Å². The van der Waals surface area contributed by atoms with Crippen molar-refractivity contribution in [1.29, 1.82) is 0 Å². The molecule has 0 fully saturated rings. The van der Waals surface area contributed by atoms with Gasteiger partial charge in [0.1, 0.15) is 0 Å². The predicted molar refractivity (Wildman–Crippen MR) is 103 cm³/mol. The first kappa shape index (κ1) is 19.6. The van der Waals surface area contributed by atoms with Gasteiger partial charge in [0.05, 0.1) is 6.61 Å². The van der Waals surface area contributed by atoms with Crippen LogP contribution in [0.15, 0.2) is 48.8 Å². The molecule has 1 aromatic carbocycles. The van der Waals surface area contributed by atoms with Crippen LogP contribution >= 0.6 is 7.37 Å². The molecule has 0 saturated heterocycles. The van der Waals surface area contributed by atoms with Crippen molar-refractivity contribution in [2.24, 2.45) is 5.92 Å². The Morgan fingerprint density at radius 1 is 1.20 bits per heavy atom. The Hall–Kier alpha value is -1.68. The van der Waals surface area contributed by atoms with E-state index < -0.39 is 13.2 Å². The summed E-state index contributed by atoms with van der Waals surface area (Å²) in [7, 11) is 0.391. The van der Waals surface area contributed by atoms with Crippen LogP contribution in [-0.4, -0.2) is 30.8 Å². The number of anilines is 1. The minimum absolute atomic E-state index is 0.335. The summed E-state index contributed by atoms with van der Waals surface area (Å²) in [5.74, 6) is -0.807. The van der Waals surface area contributed by atoms with Crippen LogP contribution < -0.4 is 10.2 Å². The molecule has 6 heteroatoms. The van der Waals surface area contributed by atoms with Gasteiger partial charge in [-0.1, -0.05) is 19.9 Å². The van der Waals surface area contributed by atoms with Crippen LogP contribution in [0.2, 0.25) is 0 Å². The van der Waals surface area contributed by atoms with Crippen LogP contribution in [-0.2, 0) is 9.09 Å². The molecule has 0 spiro atoms. The number of hydrogen-bond acceptors (Lipinski definition) is 5. The van der Waals surface area contributed by atoms with Crippen LogP contribution in [0.1, 0.15) is 31.7 Å². The summed E-state index contributed by atoms with van der Waals surface area (Å²) in [5, 5.41) is 11.3. The quantitative estimate of drug-likeness (QED) is 0.724. The number of pyridine rings is 1. The highest BCUT2D eigenvalue weighted by Crippen LogP contribution is 2.57. The standard InChI is InChI=1S/C19H27N2O3P/c1-15(2)11-13-24-25(23,19(22)16-6-5-12-20-14-16)18-9-7-17(8-10-18)21(3)4/h5-10,12,14-15,19,22H,11,13H2,1-4H3/t19-,25+/m0/s1. The molecule has 1 heterocycles. The van der Waals surface area contributed by atoms with Crippen molar-refractivity contribution >= 4 is 18.4 Å². The molecule has 0 amide bonds. The molecule has 0 aliphatic rings. The molecule has 0 aliphatic heterocycles. The fraction of sp³-hybridized carbons (Fsp3) is 0.421. The van der Waals surface area contributed by atoms with Crippen LogP contribution in [0.3, 0.4) is 0 Å². The van der Waals surface area contributed by atoms with E-state index in [0.29, 0.717) is 23.4 Å². The lowest BCUT2D eigenvalue weighted by atomic mass is 10.2. The smallest absolute Gasteiger partial charge is 0.264 e. The fourth-order valence-corrected chi connectivity index (χ4v) is 4.45. The zero-order chi connectivity index (χ0) is 18.4. The van der Waals surface area contributed by atoms with Crippen molar-refractivity contribution < 1.29 is 14.2 Å². The van der Waals surface area contributed by atoms with E-state index in [0.717, 1.165) is 12.1 Å². The molecule has 25 heavy (non-hydrogen) atoms. The first-order chi connectivity index (χ1) is 11.8. The van der Waals surface area contributed by atoms with Gasteiger partial charge in [0.25, 0.3) is 7.37 Å². The van der Waals surface area contributed by atoms with E-state index in [-0.39, 0.29) is 0 Å². The molecule has 2 rings (SSSR count). The van der Waals surface area contributed by atoms with Gasteiger partial charge in [-0.25, -0.2) is 0 Å². The second kappa shape index (κ2) is 8.61. The van der Waals surface area contributed by atoms with Gasteiger partial charge in [0.2, 0.25) is 0 Å². The maximum atomic E-state index is 13.7. The molecule has 1 N–H and O–H groups in total. The van der Waals surface area contributed by atoms with Crippen LogP contribution in [0.5, 0.6) is 0 Å². The van der Waals surface area contributed by atoms with E-state index in [1.807, 2.05) is 31.1 Å². The molecular formula is C19H27N2O3P. The number of aliphatic hydroxyl groups is 1. The molecule has 0 radical (unpaired) electrons. The Morgan fingerprint density at radius 2 is 1.88 bits per heavy atom. The van der Waals surface area contributed by atoms with Crippen LogP contribution in [0, 0.1) is 5.92 Å². The Balaban J connectivity index is 2.35. The number of rotatable bonds is 8. The van der Waals surface area contributed by atoms with Gasteiger partial charge < -0.3 is 14.5 Å². The average molecular weight is 362 g/mol. The van der Waals surface area contributed by atoms with Crippen LogP contribution in [0.4, 0.5) is 5.69 Å². The van der Waals surface area contributed by atoms with E-state index in [1.54, 1.807) is 30.5 Å². The number of aliphatic hydroxyl groups excluding tert-OH is 1. The molecule has 2 atom stereocenters. The summed E-state index contributed by atoms with van der Waals surface area (Å²) in [6.07, 6.45) is 3.92. The Labute approximate surface area is 150 Å². The average Bonchev–Trinajstić information content (AvgIpc) is 2.61. The minimum Gasteiger partial charge on any atom is -0.378 e. The molecular weight excluding hydrogens is 335 g/mol. The van der Waals surface area contributed by atoms with Gasteiger partial charge in [-0.3, -0.25) is 9.55 Å². The zero-order valence-corrected chi connectivity index (χ0v) is 16.2. The SMILES string of the molecule is CC(C)CCO[P@](=O)(c1ccc(N(C)C)cc1)[C@H](O)c1cccnc1. The second-order valence-corrected chi connectivity index (χ2v) is 9.14. The monoisotopic (exact) mass is 362 g/mol. The Bertz CT molecular complexity index is 702.